The zero-order valence-electron chi connectivity index (χ0n) is 10.5. The zero-order chi connectivity index (χ0) is 13.1. The van der Waals surface area contributed by atoms with Crippen LogP contribution in [-0.4, -0.2) is 38.8 Å². The van der Waals surface area contributed by atoms with Gasteiger partial charge in [0.15, 0.2) is 10.8 Å². The highest BCUT2D eigenvalue weighted by Crippen LogP contribution is 2.20. The Bertz CT molecular complexity index is 538. The van der Waals surface area contributed by atoms with E-state index in [4.69, 9.17) is 0 Å². The Kier molecular flexibility index (Phi) is 3.66. The van der Waals surface area contributed by atoms with Gasteiger partial charge in [-0.25, -0.2) is 15.0 Å². The Labute approximate surface area is 110 Å². The summed E-state index contributed by atoms with van der Waals surface area (Å²) in [5.41, 5.74) is 0.443. The minimum Gasteiger partial charge on any atom is -0.338 e. The third-order valence-corrected chi connectivity index (χ3v) is 3.41. The molecule has 2 aromatic rings. The molecule has 0 saturated carbocycles. The van der Waals surface area contributed by atoms with Gasteiger partial charge in [-0.1, -0.05) is 0 Å². The van der Waals surface area contributed by atoms with Crippen LogP contribution < -0.4 is 0 Å². The van der Waals surface area contributed by atoms with E-state index in [0.29, 0.717) is 16.5 Å². The summed E-state index contributed by atoms with van der Waals surface area (Å²) in [6.07, 6.45) is 3.32. The van der Waals surface area contributed by atoms with Crippen molar-refractivity contribution in [3.8, 4) is 10.8 Å². The van der Waals surface area contributed by atoms with Crippen LogP contribution in [0.1, 0.15) is 24.3 Å². The summed E-state index contributed by atoms with van der Waals surface area (Å²) in [5.74, 6) is 0.470. The Hall–Kier alpha value is -1.82. The van der Waals surface area contributed by atoms with Crippen molar-refractivity contribution in [3.05, 3.63) is 29.5 Å². The maximum absolute atomic E-state index is 12.1. The molecule has 0 bridgehead atoms. The molecule has 2 heterocycles. The summed E-state index contributed by atoms with van der Waals surface area (Å²) in [5, 5.41) is 2.41. The second kappa shape index (κ2) is 5.22. The van der Waals surface area contributed by atoms with Crippen LogP contribution in [0.15, 0.2) is 23.8 Å². The molecule has 0 aliphatic rings. The molecule has 0 fully saturated rings. The number of thiazole rings is 1. The molecule has 0 aliphatic heterocycles. The van der Waals surface area contributed by atoms with Gasteiger partial charge in [0.2, 0.25) is 0 Å². The zero-order valence-corrected chi connectivity index (χ0v) is 11.3. The van der Waals surface area contributed by atoms with Crippen LogP contribution in [0.4, 0.5) is 0 Å². The van der Waals surface area contributed by atoms with Crippen molar-refractivity contribution in [1.82, 2.24) is 19.9 Å². The van der Waals surface area contributed by atoms with E-state index in [0.717, 1.165) is 0 Å². The third kappa shape index (κ3) is 2.53. The number of amides is 1. The van der Waals surface area contributed by atoms with Gasteiger partial charge in [-0.2, -0.15) is 0 Å². The normalized spacial score (nSPS) is 10.7. The molecule has 6 heteroatoms. The molecular weight excluding hydrogens is 248 g/mol. The Balaban J connectivity index is 2.24. The molecule has 0 unspecified atom stereocenters. The maximum Gasteiger partial charge on any atom is 0.273 e. The Morgan fingerprint density at radius 3 is 2.61 bits per heavy atom. The molecule has 0 aliphatic carbocycles. The van der Waals surface area contributed by atoms with Crippen molar-refractivity contribution in [1.29, 1.82) is 0 Å². The summed E-state index contributed by atoms with van der Waals surface area (Å²) in [6.45, 7) is 3.93. The summed E-state index contributed by atoms with van der Waals surface area (Å²) >= 11 is 1.38. The Morgan fingerprint density at radius 1 is 1.33 bits per heavy atom. The van der Waals surface area contributed by atoms with E-state index in [2.05, 4.69) is 15.0 Å². The van der Waals surface area contributed by atoms with Gasteiger partial charge < -0.3 is 4.90 Å². The standard InChI is InChI=1S/C12H14N4OS/c1-8(2)16(3)12(17)9-7-18-11(15-9)10-13-5-4-6-14-10/h4-8H,1-3H3. The molecule has 18 heavy (non-hydrogen) atoms. The fraction of sp³-hybridized carbons (Fsp3) is 0.333. The fourth-order valence-corrected chi connectivity index (χ4v) is 2.04. The lowest BCUT2D eigenvalue weighted by Crippen LogP contribution is -2.33. The molecule has 2 rings (SSSR count). The summed E-state index contributed by atoms with van der Waals surface area (Å²) in [6, 6.07) is 1.89. The van der Waals surface area contributed by atoms with E-state index in [-0.39, 0.29) is 11.9 Å². The highest BCUT2D eigenvalue weighted by molar-refractivity contribution is 7.13. The quantitative estimate of drug-likeness (QED) is 0.849. The van der Waals surface area contributed by atoms with Gasteiger partial charge in [-0.05, 0) is 19.9 Å². The lowest BCUT2D eigenvalue weighted by molar-refractivity contribution is 0.0750. The van der Waals surface area contributed by atoms with Crippen LogP contribution >= 0.6 is 11.3 Å². The topological polar surface area (TPSA) is 59.0 Å². The first-order valence-corrected chi connectivity index (χ1v) is 6.47. The van der Waals surface area contributed by atoms with Crippen LogP contribution in [-0.2, 0) is 0 Å². The monoisotopic (exact) mass is 262 g/mol. The molecule has 0 spiro atoms. The van der Waals surface area contributed by atoms with Crippen LogP contribution in [0, 0.1) is 0 Å². The van der Waals surface area contributed by atoms with Gasteiger partial charge >= 0.3 is 0 Å². The van der Waals surface area contributed by atoms with Crippen molar-refractivity contribution in [2.75, 3.05) is 7.05 Å². The predicted molar refractivity (Wildman–Crippen MR) is 70.4 cm³/mol. The number of hydrogen-bond acceptors (Lipinski definition) is 5. The van der Waals surface area contributed by atoms with Crippen LogP contribution in [0.5, 0.6) is 0 Å². The first-order chi connectivity index (χ1) is 8.59. The fourth-order valence-electron chi connectivity index (χ4n) is 1.30. The van der Waals surface area contributed by atoms with Crippen LogP contribution in [0.3, 0.4) is 0 Å². The molecule has 0 saturated heterocycles. The average Bonchev–Trinajstić information content (AvgIpc) is 2.87. The van der Waals surface area contributed by atoms with E-state index < -0.39 is 0 Å². The van der Waals surface area contributed by atoms with Gasteiger partial charge in [-0.15, -0.1) is 11.3 Å². The molecule has 0 N–H and O–H groups in total. The van der Waals surface area contributed by atoms with E-state index in [1.165, 1.54) is 11.3 Å². The number of carbonyl (C=O) groups excluding carboxylic acids is 1. The molecule has 0 atom stereocenters. The summed E-state index contributed by atoms with van der Waals surface area (Å²) in [4.78, 5) is 26.2. The predicted octanol–water partition coefficient (Wildman–Crippen LogP) is 2.08. The van der Waals surface area contributed by atoms with Gasteiger partial charge in [0.05, 0.1) is 0 Å². The van der Waals surface area contributed by atoms with Crippen molar-refractivity contribution in [2.24, 2.45) is 0 Å². The number of aromatic nitrogens is 3. The Morgan fingerprint density at radius 2 is 2.00 bits per heavy atom. The smallest absolute Gasteiger partial charge is 0.273 e. The van der Waals surface area contributed by atoms with Crippen molar-refractivity contribution in [3.63, 3.8) is 0 Å². The van der Waals surface area contributed by atoms with E-state index in [9.17, 15) is 4.79 Å². The van der Waals surface area contributed by atoms with Crippen LogP contribution in [0.2, 0.25) is 0 Å². The van der Waals surface area contributed by atoms with E-state index in [1.807, 2.05) is 13.8 Å². The molecule has 0 aromatic carbocycles. The number of hydrogen-bond donors (Lipinski definition) is 0. The summed E-state index contributed by atoms with van der Waals surface area (Å²) < 4.78 is 0. The molecule has 0 radical (unpaired) electrons. The van der Waals surface area contributed by atoms with E-state index >= 15 is 0 Å². The van der Waals surface area contributed by atoms with Crippen molar-refractivity contribution >= 4 is 17.2 Å². The highest BCUT2D eigenvalue weighted by Gasteiger charge is 2.18. The number of rotatable bonds is 3. The average molecular weight is 262 g/mol. The minimum absolute atomic E-state index is 0.0802. The third-order valence-electron chi connectivity index (χ3n) is 2.58. The number of carbonyl (C=O) groups is 1. The second-order valence-corrected chi connectivity index (χ2v) is 4.98. The first kappa shape index (κ1) is 12.6. The summed E-state index contributed by atoms with van der Waals surface area (Å²) in [7, 11) is 1.77. The SMILES string of the molecule is CC(C)N(C)C(=O)c1csc(-c2ncccn2)n1. The lowest BCUT2D eigenvalue weighted by atomic mass is 10.3. The van der Waals surface area contributed by atoms with Crippen molar-refractivity contribution < 1.29 is 4.79 Å². The largest absolute Gasteiger partial charge is 0.338 e. The molecular formula is C12H14N4OS. The lowest BCUT2D eigenvalue weighted by Gasteiger charge is -2.19. The second-order valence-electron chi connectivity index (χ2n) is 4.12. The first-order valence-electron chi connectivity index (χ1n) is 5.59. The van der Waals surface area contributed by atoms with Gasteiger partial charge in [0.25, 0.3) is 5.91 Å². The number of nitrogens with zero attached hydrogens (tertiary/aromatic N) is 4. The molecule has 1 amide bonds. The van der Waals surface area contributed by atoms with E-state index in [1.54, 1.807) is 35.8 Å². The molecule has 5 nitrogen and oxygen atoms in total. The molecule has 94 valence electrons. The maximum atomic E-state index is 12.1. The molecule has 2 aromatic heterocycles. The highest BCUT2D eigenvalue weighted by atomic mass is 32.1. The van der Waals surface area contributed by atoms with Gasteiger partial charge in [-0.3, -0.25) is 4.79 Å². The minimum atomic E-state index is -0.0802. The van der Waals surface area contributed by atoms with Gasteiger partial charge in [0, 0.05) is 30.9 Å². The van der Waals surface area contributed by atoms with Gasteiger partial charge in [0.1, 0.15) is 5.69 Å². The van der Waals surface area contributed by atoms with Crippen molar-refractivity contribution in [2.45, 2.75) is 19.9 Å². The van der Waals surface area contributed by atoms with Crippen LogP contribution in [0.25, 0.3) is 10.8 Å².